The summed E-state index contributed by atoms with van der Waals surface area (Å²) in [5.41, 5.74) is 0.367. The average molecular weight is 416 g/mol. The number of ether oxygens (including phenoxy) is 1. The second-order valence-electron chi connectivity index (χ2n) is 8.78. The van der Waals surface area contributed by atoms with E-state index in [9.17, 15) is 23.6 Å². The molecule has 1 N–H and O–H groups in total. The average Bonchev–Trinajstić information content (AvgIpc) is 3.38. The van der Waals surface area contributed by atoms with Crippen LogP contribution < -0.4 is 5.32 Å². The van der Waals surface area contributed by atoms with Crippen molar-refractivity contribution in [1.82, 2.24) is 4.90 Å². The van der Waals surface area contributed by atoms with Crippen molar-refractivity contribution in [3.8, 4) is 0 Å². The van der Waals surface area contributed by atoms with Crippen LogP contribution in [0.1, 0.15) is 33.1 Å². The van der Waals surface area contributed by atoms with Crippen LogP contribution in [0.4, 0.5) is 10.1 Å². The Hall–Kier alpha value is -2.77. The summed E-state index contributed by atoms with van der Waals surface area (Å²) in [6, 6.07) is 4.13. The van der Waals surface area contributed by atoms with Crippen molar-refractivity contribution in [2.24, 2.45) is 29.6 Å². The Balaban J connectivity index is 1.41. The molecule has 3 fully saturated rings. The van der Waals surface area contributed by atoms with Crippen molar-refractivity contribution in [2.45, 2.75) is 39.2 Å². The number of amides is 3. The molecule has 0 unspecified atom stereocenters. The number of halogens is 1. The second kappa shape index (κ2) is 7.81. The fourth-order valence-electron chi connectivity index (χ4n) is 5.33. The van der Waals surface area contributed by atoms with E-state index < -0.39 is 30.3 Å². The molecule has 2 bridgehead atoms. The topological polar surface area (TPSA) is 92.8 Å². The van der Waals surface area contributed by atoms with Gasteiger partial charge in [-0.3, -0.25) is 19.3 Å². The Morgan fingerprint density at radius 3 is 2.20 bits per heavy atom. The number of anilines is 1. The number of nitrogens with zero attached hydrogens (tertiary/aromatic N) is 1. The molecule has 1 heterocycles. The van der Waals surface area contributed by atoms with Gasteiger partial charge >= 0.3 is 5.97 Å². The fraction of sp³-hybridized carbons (Fsp3) is 0.545. The quantitative estimate of drug-likeness (QED) is 0.568. The number of benzene rings is 1. The molecule has 0 radical (unpaired) electrons. The van der Waals surface area contributed by atoms with Crippen molar-refractivity contribution in [1.29, 1.82) is 0 Å². The second-order valence-corrected chi connectivity index (χ2v) is 8.78. The summed E-state index contributed by atoms with van der Waals surface area (Å²) in [4.78, 5) is 52.0. The first-order valence-electron chi connectivity index (χ1n) is 10.4. The van der Waals surface area contributed by atoms with Gasteiger partial charge < -0.3 is 10.1 Å². The van der Waals surface area contributed by atoms with Gasteiger partial charge in [-0.2, -0.15) is 0 Å². The summed E-state index contributed by atoms with van der Waals surface area (Å²) < 4.78 is 18.1. The van der Waals surface area contributed by atoms with Gasteiger partial charge in [-0.1, -0.05) is 13.8 Å². The zero-order chi connectivity index (χ0) is 21.6. The zero-order valence-electron chi connectivity index (χ0n) is 17.0. The van der Waals surface area contributed by atoms with Gasteiger partial charge in [0.15, 0.2) is 6.61 Å². The van der Waals surface area contributed by atoms with Gasteiger partial charge in [-0.25, -0.2) is 9.18 Å². The van der Waals surface area contributed by atoms with Gasteiger partial charge in [0.25, 0.3) is 5.91 Å². The lowest BCUT2D eigenvalue weighted by molar-refractivity contribution is -0.162. The Morgan fingerprint density at radius 2 is 1.67 bits per heavy atom. The lowest BCUT2D eigenvalue weighted by Gasteiger charge is -2.28. The molecule has 3 amide bonds. The number of carbonyl (C=O) groups is 4. The SMILES string of the molecule is CC(C)[C@@H](C(=O)OCC(=O)Nc1ccc(F)cc1)N1C(=O)[C@@H]2[C@@H]3CC[C@H](C3)[C@@H]2C1=O. The minimum absolute atomic E-state index is 0.228. The summed E-state index contributed by atoms with van der Waals surface area (Å²) in [5.74, 6) is -2.86. The molecule has 8 heteroatoms. The van der Waals surface area contributed by atoms with Crippen molar-refractivity contribution < 1.29 is 28.3 Å². The first kappa shape index (κ1) is 20.5. The summed E-state index contributed by atoms with van der Waals surface area (Å²) >= 11 is 0. The van der Waals surface area contributed by atoms with Crippen LogP contribution in [0.3, 0.4) is 0 Å². The monoisotopic (exact) mass is 416 g/mol. The third kappa shape index (κ3) is 3.48. The molecule has 1 aliphatic heterocycles. The number of esters is 1. The molecule has 1 aromatic carbocycles. The van der Waals surface area contributed by atoms with Gasteiger partial charge in [-0.05, 0) is 61.3 Å². The lowest BCUT2D eigenvalue weighted by atomic mass is 9.81. The highest BCUT2D eigenvalue weighted by atomic mass is 19.1. The summed E-state index contributed by atoms with van der Waals surface area (Å²) in [7, 11) is 0. The molecule has 1 saturated heterocycles. The number of nitrogens with one attached hydrogen (secondary N) is 1. The van der Waals surface area contributed by atoms with Gasteiger partial charge in [0.2, 0.25) is 11.8 Å². The van der Waals surface area contributed by atoms with E-state index in [1.807, 2.05) is 0 Å². The number of hydrogen-bond donors (Lipinski definition) is 1. The normalized spacial score (nSPS) is 28.1. The van der Waals surface area contributed by atoms with E-state index in [2.05, 4.69) is 5.32 Å². The number of rotatable bonds is 6. The third-order valence-corrected chi connectivity index (χ3v) is 6.59. The predicted octanol–water partition coefficient (Wildman–Crippen LogP) is 2.36. The minimum atomic E-state index is -1.05. The smallest absolute Gasteiger partial charge is 0.330 e. The van der Waals surface area contributed by atoms with Crippen LogP contribution in [0.5, 0.6) is 0 Å². The van der Waals surface area contributed by atoms with Crippen LogP contribution in [-0.4, -0.2) is 41.2 Å². The molecule has 7 nitrogen and oxygen atoms in total. The number of carbonyl (C=O) groups excluding carboxylic acids is 4. The van der Waals surface area contributed by atoms with Gasteiger partial charge in [0.1, 0.15) is 11.9 Å². The predicted molar refractivity (Wildman–Crippen MR) is 104 cm³/mol. The van der Waals surface area contributed by atoms with E-state index >= 15 is 0 Å². The van der Waals surface area contributed by atoms with Crippen molar-refractivity contribution >= 4 is 29.4 Å². The highest BCUT2D eigenvalue weighted by molar-refractivity contribution is 6.08. The lowest BCUT2D eigenvalue weighted by Crippen LogP contribution is -2.50. The van der Waals surface area contributed by atoms with E-state index in [1.54, 1.807) is 13.8 Å². The molecule has 160 valence electrons. The molecule has 4 rings (SSSR count). The molecule has 0 spiro atoms. The van der Waals surface area contributed by atoms with Crippen LogP contribution in [0, 0.1) is 35.4 Å². The van der Waals surface area contributed by atoms with E-state index in [-0.39, 0.29) is 41.4 Å². The highest BCUT2D eigenvalue weighted by Crippen LogP contribution is 2.56. The van der Waals surface area contributed by atoms with Gasteiger partial charge in [0, 0.05) is 5.69 Å². The fourth-order valence-corrected chi connectivity index (χ4v) is 5.33. The van der Waals surface area contributed by atoms with Crippen molar-refractivity contribution in [3.63, 3.8) is 0 Å². The molecular weight excluding hydrogens is 391 g/mol. The van der Waals surface area contributed by atoms with E-state index in [0.717, 1.165) is 24.2 Å². The Bertz CT molecular complexity index is 856. The Morgan fingerprint density at radius 1 is 1.10 bits per heavy atom. The van der Waals surface area contributed by atoms with Gasteiger partial charge in [0.05, 0.1) is 11.8 Å². The number of imide groups is 1. The van der Waals surface area contributed by atoms with Crippen LogP contribution in [0.25, 0.3) is 0 Å². The Labute approximate surface area is 173 Å². The van der Waals surface area contributed by atoms with E-state index in [1.165, 1.54) is 24.3 Å². The highest BCUT2D eigenvalue weighted by Gasteiger charge is 2.62. The van der Waals surface area contributed by atoms with Gasteiger partial charge in [-0.15, -0.1) is 0 Å². The first-order chi connectivity index (χ1) is 14.3. The van der Waals surface area contributed by atoms with Crippen LogP contribution in [-0.2, 0) is 23.9 Å². The van der Waals surface area contributed by atoms with Crippen LogP contribution in [0.2, 0.25) is 0 Å². The summed E-state index contributed by atoms with van der Waals surface area (Å²) in [5, 5.41) is 2.50. The maximum absolute atomic E-state index is 13.0. The maximum Gasteiger partial charge on any atom is 0.330 e. The van der Waals surface area contributed by atoms with Crippen molar-refractivity contribution in [3.05, 3.63) is 30.1 Å². The van der Waals surface area contributed by atoms with Crippen LogP contribution in [0.15, 0.2) is 24.3 Å². The number of fused-ring (bicyclic) bond motifs is 5. The summed E-state index contributed by atoms with van der Waals surface area (Å²) in [6.45, 7) is 2.93. The molecule has 2 aliphatic carbocycles. The van der Waals surface area contributed by atoms with E-state index in [4.69, 9.17) is 4.74 Å². The third-order valence-electron chi connectivity index (χ3n) is 6.59. The summed E-state index contributed by atoms with van der Waals surface area (Å²) in [6.07, 6.45) is 2.83. The molecule has 30 heavy (non-hydrogen) atoms. The maximum atomic E-state index is 13.0. The minimum Gasteiger partial charge on any atom is -0.454 e. The number of likely N-dealkylation sites (tertiary alicyclic amines) is 1. The van der Waals surface area contributed by atoms with Crippen molar-refractivity contribution in [2.75, 3.05) is 11.9 Å². The molecule has 1 aromatic rings. The largest absolute Gasteiger partial charge is 0.454 e. The number of hydrogen-bond acceptors (Lipinski definition) is 5. The first-order valence-corrected chi connectivity index (χ1v) is 10.4. The molecule has 3 aliphatic rings. The molecule has 5 atom stereocenters. The standard InChI is InChI=1S/C22H25FN2O5/c1-11(2)19(22(29)30-10-16(26)24-15-7-5-14(23)6-8-15)25-20(27)17-12-3-4-13(9-12)18(17)21(25)28/h5-8,11-13,17-19H,3-4,9-10H2,1-2H3,(H,24,26)/t12-,13-,17-,18+,19+/m1/s1. The van der Waals surface area contributed by atoms with E-state index in [0.29, 0.717) is 5.69 Å². The zero-order valence-corrected chi connectivity index (χ0v) is 17.0. The van der Waals surface area contributed by atoms with Crippen LogP contribution >= 0.6 is 0 Å². The molecule has 0 aromatic heterocycles. The molecule has 2 saturated carbocycles. The molecular formula is C22H25FN2O5. The Kier molecular flexibility index (Phi) is 5.34.